The number of hydrogen-bond acceptors (Lipinski definition) is 5. The van der Waals surface area contributed by atoms with Crippen LogP contribution in [0.2, 0.25) is 0 Å². The lowest BCUT2D eigenvalue weighted by atomic mass is 9.96. The van der Waals surface area contributed by atoms with Gasteiger partial charge in [-0.1, -0.05) is 25.9 Å². The molecule has 1 unspecified atom stereocenters. The lowest BCUT2D eigenvalue weighted by Crippen LogP contribution is -2.38. The van der Waals surface area contributed by atoms with E-state index in [4.69, 9.17) is 15.0 Å². The van der Waals surface area contributed by atoms with Gasteiger partial charge >= 0.3 is 0 Å². The molecule has 1 saturated heterocycles. The van der Waals surface area contributed by atoms with Gasteiger partial charge in [0.05, 0.1) is 6.61 Å². The average molecular weight is 211 g/mol. The first-order valence-corrected chi connectivity index (χ1v) is 5.13. The summed E-state index contributed by atoms with van der Waals surface area (Å²) in [6.07, 6.45) is 0.746. The van der Waals surface area contributed by atoms with Gasteiger partial charge in [-0.3, -0.25) is 0 Å². The number of rotatable bonds is 1. The summed E-state index contributed by atoms with van der Waals surface area (Å²) in [5.41, 5.74) is 5.43. The van der Waals surface area contributed by atoms with Crippen molar-refractivity contribution < 1.29 is 9.26 Å². The van der Waals surface area contributed by atoms with E-state index in [0.717, 1.165) is 6.42 Å². The molecule has 15 heavy (non-hydrogen) atoms. The van der Waals surface area contributed by atoms with Gasteiger partial charge in [-0.15, -0.1) is 0 Å². The average Bonchev–Trinajstić information content (AvgIpc) is 2.69. The molecular weight excluding hydrogens is 194 g/mol. The minimum Gasteiger partial charge on any atom is -0.379 e. The zero-order valence-corrected chi connectivity index (χ0v) is 9.41. The highest BCUT2D eigenvalue weighted by atomic mass is 16.5. The fraction of sp³-hybridized carbons (Fsp3) is 0.800. The minimum absolute atomic E-state index is 0.138. The van der Waals surface area contributed by atoms with Crippen molar-refractivity contribution in [2.75, 3.05) is 13.2 Å². The van der Waals surface area contributed by atoms with Gasteiger partial charge in [0.2, 0.25) is 5.89 Å². The number of nitrogens with zero attached hydrogens (tertiary/aromatic N) is 2. The van der Waals surface area contributed by atoms with Gasteiger partial charge in [-0.25, -0.2) is 0 Å². The van der Waals surface area contributed by atoms with Gasteiger partial charge in [-0.05, 0) is 6.42 Å². The Hall–Kier alpha value is -0.940. The van der Waals surface area contributed by atoms with E-state index in [-0.39, 0.29) is 5.41 Å². The van der Waals surface area contributed by atoms with Crippen LogP contribution in [-0.4, -0.2) is 23.4 Å². The molecule has 0 bridgehead atoms. The van der Waals surface area contributed by atoms with E-state index >= 15 is 0 Å². The highest BCUT2D eigenvalue weighted by Gasteiger charge is 2.38. The molecule has 1 atom stereocenters. The van der Waals surface area contributed by atoms with Crippen molar-refractivity contribution in [3.8, 4) is 0 Å². The Labute approximate surface area is 89.0 Å². The van der Waals surface area contributed by atoms with E-state index in [2.05, 4.69) is 10.1 Å². The van der Waals surface area contributed by atoms with E-state index in [1.807, 2.05) is 20.8 Å². The summed E-state index contributed by atoms with van der Waals surface area (Å²) in [7, 11) is 0. The van der Waals surface area contributed by atoms with Crippen molar-refractivity contribution in [2.24, 2.45) is 5.73 Å². The van der Waals surface area contributed by atoms with Crippen LogP contribution in [0.5, 0.6) is 0 Å². The van der Waals surface area contributed by atoms with Crippen molar-refractivity contribution in [1.82, 2.24) is 10.1 Å². The summed E-state index contributed by atoms with van der Waals surface area (Å²) >= 11 is 0. The molecular formula is C10H17N3O2. The summed E-state index contributed by atoms with van der Waals surface area (Å²) in [5, 5.41) is 3.95. The quantitative estimate of drug-likeness (QED) is 0.748. The molecule has 0 aromatic carbocycles. The molecule has 5 heteroatoms. The SMILES string of the molecule is CC(C)(C)c1nc(C2(N)CCOC2)no1. The Morgan fingerprint density at radius 1 is 1.40 bits per heavy atom. The minimum atomic E-state index is -0.562. The van der Waals surface area contributed by atoms with Crippen LogP contribution in [-0.2, 0) is 15.7 Å². The third kappa shape index (κ3) is 1.89. The summed E-state index contributed by atoms with van der Waals surface area (Å²) in [6.45, 7) is 7.21. The Kier molecular flexibility index (Phi) is 2.31. The van der Waals surface area contributed by atoms with Crippen molar-refractivity contribution in [1.29, 1.82) is 0 Å². The number of aromatic nitrogens is 2. The summed E-state index contributed by atoms with van der Waals surface area (Å²) in [5.74, 6) is 1.18. The topological polar surface area (TPSA) is 74.2 Å². The van der Waals surface area contributed by atoms with E-state index in [9.17, 15) is 0 Å². The number of hydrogen-bond donors (Lipinski definition) is 1. The van der Waals surface area contributed by atoms with Crippen LogP contribution in [0, 0.1) is 0 Å². The molecule has 1 fully saturated rings. The Bertz CT molecular complexity index is 348. The number of nitrogens with two attached hydrogens (primary N) is 1. The molecule has 0 aliphatic carbocycles. The fourth-order valence-electron chi connectivity index (χ4n) is 1.49. The molecule has 0 radical (unpaired) electrons. The molecule has 1 aromatic heterocycles. The van der Waals surface area contributed by atoms with Crippen LogP contribution >= 0.6 is 0 Å². The van der Waals surface area contributed by atoms with E-state index < -0.39 is 5.54 Å². The Morgan fingerprint density at radius 2 is 2.13 bits per heavy atom. The lowest BCUT2D eigenvalue weighted by molar-refractivity contribution is 0.175. The van der Waals surface area contributed by atoms with E-state index in [1.165, 1.54) is 0 Å². The Balaban J connectivity index is 2.27. The molecule has 0 amide bonds. The molecule has 1 aliphatic heterocycles. The Morgan fingerprint density at radius 3 is 2.60 bits per heavy atom. The first-order valence-electron chi connectivity index (χ1n) is 5.13. The maximum Gasteiger partial charge on any atom is 0.232 e. The van der Waals surface area contributed by atoms with Crippen molar-refractivity contribution >= 4 is 0 Å². The molecule has 1 aromatic rings. The van der Waals surface area contributed by atoms with Crippen LogP contribution in [0.25, 0.3) is 0 Å². The smallest absolute Gasteiger partial charge is 0.232 e. The van der Waals surface area contributed by atoms with Crippen LogP contribution in [0.1, 0.15) is 38.9 Å². The van der Waals surface area contributed by atoms with Crippen LogP contribution in [0.4, 0.5) is 0 Å². The second-order valence-corrected chi connectivity index (χ2v) is 5.13. The third-order valence-electron chi connectivity index (χ3n) is 2.57. The zero-order valence-electron chi connectivity index (χ0n) is 9.41. The van der Waals surface area contributed by atoms with Gasteiger partial charge in [-0.2, -0.15) is 4.98 Å². The van der Waals surface area contributed by atoms with Crippen LogP contribution < -0.4 is 5.73 Å². The predicted octanol–water partition coefficient (Wildman–Crippen LogP) is 0.941. The van der Waals surface area contributed by atoms with Gasteiger partial charge in [0, 0.05) is 12.0 Å². The van der Waals surface area contributed by atoms with Crippen molar-refractivity contribution in [3.05, 3.63) is 11.7 Å². The molecule has 2 rings (SSSR count). The zero-order chi connectivity index (χ0) is 11.1. The number of ether oxygens (including phenoxy) is 1. The lowest BCUT2D eigenvalue weighted by Gasteiger charge is -2.16. The molecule has 5 nitrogen and oxygen atoms in total. The molecule has 0 saturated carbocycles. The second kappa shape index (κ2) is 3.28. The predicted molar refractivity (Wildman–Crippen MR) is 54.3 cm³/mol. The van der Waals surface area contributed by atoms with Gasteiger partial charge in [0.25, 0.3) is 0 Å². The van der Waals surface area contributed by atoms with Gasteiger partial charge in [0.1, 0.15) is 5.54 Å². The first-order chi connectivity index (χ1) is 6.92. The molecule has 2 N–H and O–H groups in total. The van der Waals surface area contributed by atoms with Crippen molar-refractivity contribution in [2.45, 2.75) is 38.1 Å². The largest absolute Gasteiger partial charge is 0.379 e. The summed E-state index contributed by atoms with van der Waals surface area (Å²) in [6, 6.07) is 0. The monoisotopic (exact) mass is 211 g/mol. The first kappa shape index (κ1) is 10.6. The normalized spacial score (nSPS) is 27.2. The van der Waals surface area contributed by atoms with E-state index in [1.54, 1.807) is 0 Å². The summed E-state index contributed by atoms with van der Waals surface area (Å²) < 4.78 is 10.5. The molecule has 0 spiro atoms. The second-order valence-electron chi connectivity index (χ2n) is 5.13. The standard InChI is InChI=1S/C10H17N3O2/c1-9(2,3)8-12-7(13-15-8)10(11)4-5-14-6-10/h4-6,11H2,1-3H3. The fourth-order valence-corrected chi connectivity index (χ4v) is 1.49. The molecule has 84 valence electrons. The maximum atomic E-state index is 6.13. The third-order valence-corrected chi connectivity index (χ3v) is 2.57. The van der Waals surface area contributed by atoms with Crippen LogP contribution in [0.15, 0.2) is 4.52 Å². The highest BCUT2D eigenvalue weighted by molar-refractivity contribution is 5.08. The van der Waals surface area contributed by atoms with Gasteiger partial charge < -0.3 is 15.0 Å². The van der Waals surface area contributed by atoms with Crippen molar-refractivity contribution in [3.63, 3.8) is 0 Å². The molecule has 2 heterocycles. The van der Waals surface area contributed by atoms with Crippen LogP contribution in [0.3, 0.4) is 0 Å². The highest BCUT2D eigenvalue weighted by Crippen LogP contribution is 2.28. The maximum absolute atomic E-state index is 6.13. The van der Waals surface area contributed by atoms with E-state index in [0.29, 0.717) is 24.9 Å². The summed E-state index contributed by atoms with van der Waals surface area (Å²) in [4.78, 5) is 4.35. The molecule has 1 aliphatic rings. The van der Waals surface area contributed by atoms with Gasteiger partial charge in [0.15, 0.2) is 5.82 Å².